The van der Waals surface area contributed by atoms with Gasteiger partial charge in [0.25, 0.3) is 5.91 Å². The molecule has 0 unspecified atom stereocenters. The van der Waals surface area contributed by atoms with Crippen LogP contribution in [0.1, 0.15) is 16.1 Å². The molecule has 0 aliphatic heterocycles. The molecule has 0 aliphatic rings. The first-order valence-corrected chi connectivity index (χ1v) is 8.46. The van der Waals surface area contributed by atoms with Crippen molar-refractivity contribution in [2.75, 3.05) is 0 Å². The fourth-order valence-electron chi connectivity index (χ4n) is 2.70. The lowest BCUT2D eigenvalue weighted by molar-refractivity contribution is 0.0997. The SMILES string of the molecule is Cc1ccsc1-c1nc(C(N)=O)c2[nH]c(=O)n(-c3ccc(F)cc3)c2n1. The maximum atomic E-state index is 13.2. The number of carbonyl (C=O) groups excluding carboxylic acids is 1. The Balaban J connectivity index is 2.08. The van der Waals surface area contributed by atoms with Crippen molar-refractivity contribution in [1.29, 1.82) is 0 Å². The number of nitrogens with two attached hydrogens (primary N) is 1. The smallest absolute Gasteiger partial charge is 0.332 e. The molecule has 1 aromatic carbocycles. The minimum atomic E-state index is -0.777. The van der Waals surface area contributed by atoms with Gasteiger partial charge < -0.3 is 10.7 Å². The molecule has 4 aromatic rings. The number of hydrogen-bond acceptors (Lipinski definition) is 5. The maximum Gasteiger partial charge on any atom is 0.332 e. The molecular weight excluding hydrogens is 357 g/mol. The third kappa shape index (κ3) is 2.49. The van der Waals surface area contributed by atoms with E-state index >= 15 is 0 Å². The summed E-state index contributed by atoms with van der Waals surface area (Å²) >= 11 is 1.42. The van der Waals surface area contributed by atoms with Crippen LogP contribution in [-0.2, 0) is 0 Å². The lowest BCUT2D eigenvalue weighted by Gasteiger charge is -2.06. The molecule has 0 saturated heterocycles. The van der Waals surface area contributed by atoms with E-state index < -0.39 is 17.4 Å². The van der Waals surface area contributed by atoms with Crippen molar-refractivity contribution in [3.63, 3.8) is 0 Å². The Kier molecular flexibility index (Phi) is 3.66. The van der Waals surface area contributed by atoms with Crippen LogP contribution in [0.2, 0.25) is 0 Å². The van der Waals surface area contributed by atoms with Crippen LogP contribution in [-0.4, -0.2) is 25.4 Å². The quantitative estimate of drug-likeness (QED) is 0.578. The summed E-state index contributed by atoms with van der Waals surface area (Å²) in [4.78, 5) is 36.4. The number of aromatic nitrogens is 4. The Bertz CT molecular complexity index is 1210. The number of H-pyrrole nitrogens is 1. The molecule has 0 radical (unpaired) electrons. The van der Waals surface area contributed by atoms with Gasteiger partial charge in [-0.3, -0.25) is 4.79 Å². The standard InChI is InChI=1S/C17H12FN5O2S/c1-8-6-7-26-13(8)15-20-11(14(19)24)12-16(22-15)23(17(25)21-12)10-4-2-9(18)3-5-10/h2-7H,1H3,(H2,19,24)(H,21,25). The lowest BCUT2D eigenvalue weighted by atomic mass is 10.2. The molecule has 3 N–H and O–H groups in total. The largest absolute Gasteiger partial charge is 0.364 e. The van der Waals surface area contributed by atoms with Crippen LogP contribution in [0.3, 0.4) is 0 Å². The van der Waals surface area contributed by atoms with Crippen molar-refractivity contribution in [3.8, 4) is 16.4 Å². The molecule has 0 saturated carbocycles. The van der Waals surface area contributed by atoms with E-state index in [0.29, 0.717) is 11.5 Å². The number of halogens is 1. The topological polar surface area (TPSA) is 107 Å². The average Bonchev–Trinajstić information content (AvgIpc) is 3.17. The highest BCUT2D eigenvalue weighted by molar-refractivity contribution is 7.13. The zero-order valence-electron chi connectivity index (χ0n) is 13.5. The molecule has 26 heavy (non-hydrogen) atoms. The highest BCUT2D eigenvalue weighted by atomic mass is 32.1. The number of amides is 1. The van der Waals surface area contributed by atoms with Crippen molar-refractivity contribution in [3.05, 3.63) is 63.3 Å². The Morgan fingerprint density at radius 3 is 2.58 bits per heavy atom. The highest BCUT2D eigenvalue weighted by Crippen LogP contribution is 2.28. The monoisotopic (exact) mass is 369 g/mol. The number of aryl methyl sites for hydroxylation is 1. The number of imidazole rings is 1. The van der Waals surface area contributed by atoms with Gasteiger partial charge in [0.15, 0.2) is 17.2 Å². The number of hydrogen-bond donors (Lipinski definition) is 2. The molecule has 0 bridgehead atoms. The number of benzene rings is 1. The molecule has 9 heteroatoms. The van der Waals surface area contributed by atoms with Crippen LogP contribution in [0.4, 0.5) is 4.39 Å². The van der Waals surface area contributed by atoms with Gasteiger partial charge in [-0.05, 0) is 48.2 Å². The van der Waals surface area contributed by atoms with Gasteiger partial charge in [-0.1, -0.05) is 0 Å². The van der Waals surface area contributed by atoms with E-state index in [0.717, 1.165) is 10.4 Å². The van der Waals surface area contributed by atoms with Gasteiger partial charge in [0.05, 0.1) is 10.6 Å². The Labute approximate surface area is 150 Å². The van der Waals surface area contributed by atoms with Gasteiger partial charge in [-0.15, -0.1) is 11.3 Å². The normalized spacial score (nSPS) is 11.2. The first kappa shape index (κ1) is 16.2. The second-order valence-corrected chi connectivity index (χ2v) is 6.55. The molecular formula is C17H12FN5O2S. The van der Waals surface area contributed by atoms with E-state index in [1.54, 1.807) is 0 Å². The zero-order chi connectivity index (χ0) is 18.4. The van der Waals surface area contributed by atoms with E-state index in [4.69, 9.17) is 5.73 Å². The molecule has 0 atom stereocenters. The van der Waals surface area contributed by atoms with E-state index in [-0.39, 0.29) is 16.9 Å². The van der Waals surface area contributed by atoms with Gasteiger partial charge in [0, 0.05) is 0 Å². The third-order valence-corrected chi connectivity index (χ3v) is 4.93. The molecule has 0 fully saturated rings. The highest BCUT2D eigenvalue weighted by Gasteiger charge is 2.21. The Morgan fingerprint density at radius 1 is 1.23 bits per heavy atom. The summed E-state index contributed by atoms with van der Waals surface area (Å²) in [5, 5.41) is 1.88. The third-order valence-electron chi connectivity index (χ3n) is 3.92. The summed E-state index contributed by atoms with van der Waals surface area (Å²) < 4.78 is 14.5. The van der Waals surface area contributed by atoms with Crippen LogP contribution in [0, 0.1) is 12.7 Å². The minimum absolute atomic E-state index is 0.0734. The van der Waals surface area contributed by atoms with Gasteiger partial charge in [0.1, 0.15) is 11.3 Å². The van der Waals surface area contributed by atoms with Gasteiger partial charge >= 0.3 is 5.69 Å². The van der Waals surface area contributed by atoms with Gasteiger partial charge in [0.2, 0.25) is 0 Å². The number of nitrogens with one attached hydrogen (secondary N) is 1. The summed E-state index contributed by atoms with van der Waals surface area (Å²) in [6.07, 6.45) is 0. The summed E-state index contributed by atoms with van der Waals surface area (Å²) in [5.41, 5.74) is 6.55. The fraction of sp³-hybridized carbons (Fsp3) is 0.0588. The predicted octanol–water partition coefficient (Wildman–Crippen LogP) is 2.38. The molecule has 3 aromatic heterocycles. The maximum absolute atomic E-state index is 13.2. The van der Waals surface area contributed by atoms with Crippen molar-refractivity contribution in [2.24, 2.45) is 5.73 Å². The van der Waals surface area contributed by atoms with E-state index in [1.807, 2.05) is 18.4 Å². The fourth-order valence-corrected chi connectivity index (χ4v) is 3.56. The molecule has 1 amide bonds. The first-order chi connectivity index (χ1) is 12.5. The second-order valence-electron chi connectivity index (χ2n) is 5.63. The Morgan fingerprint density at radius 2 is 1.96 bits per heavy atom. The number of thiophene rings is 1. The number of rotatable bonds is 3. The van der Waals surface area contributed by atoms with Crippen LogP contribution >= 0.6 is 11.3 Å². The number of nitrogens with zero attached hydrogens (tertiary/aromatic N) is 3. The van der Waals surface area contributed by atoms with Crippen molar-refractivity contribution in [1.82, 2.24) is 19.5 Å². The van der Waals surface area contributed by atoms with E-state index in [9.17, 15) is 14.0 Å². The number of carbonyl (C=O) groups is 1. The number of fused-ring (bicyclic) bond motifs is 1. The Hall–Kier alpha value is -3.33. The van der Waals surface area contributed by atoms with Crippen molar-refractivity contribution < 1.29 is 9.18 Å². The molecule has 4 rings (SSSR count). The molecule has 0 spiro atoms. The summed E-state index contributed by atoms with van der Waals surface area (Å²) in [7, 11) is 0. The van der Waals surface area contributed by atoms with Crippen LogP contribution in [0.25, 0.3) is 27.6 Å². The van der Waals surface area contributed by atoms with Gasteiger partial charge in [-0.2, -0.15) is 0 Å². The van der Waals surface area contributed by atoms with E-state index in [1.165, 1.54) is 40.2 Å². The lowest BCUT2D eigenvalue weighted by Crippen LogP contribution is -2.15. The molecule has 3 heterocycles. The van der Waals surface area contributed by atoms with E-state index in [2.05, 4.69) is 15.0 Å². The van der Waals surface area contributed by atoms with Crippen LogP contribution < -0.4 is 11.4 Å². The second kappa shape index (κ2) is 5.88. The zero-order valence-corrected chi connectivity index (χ0v) is 14.3. The number of primary amides is 1. The minimum Gasteiger partial charge on any atom is -0.364 e. The molecule has 7 nitrogen and oxygen atoms in total. The molecule has 130 valence electrons. The van der Waals surface area contributed by atoms with Crippen molar-refractivity contribution in [2.45, 2.75) is 6.92 Å². The summed E-state index contributed by atoms with van der Waals surface area (Å²) in [5.74, 6) is -0.905. The molecule has 0 aliphatic carbocycles. The predicted molar refractivity (Wildman–Crippen MR) is 96.0 cm³/mol. The van der Waals surface area contributed by atoms with Crippen molar-refractivity contribution >= 4 is 28.4 Å². The first-order valence-electron chi connectivity index (χ1n) is 7.58. The summed E-state index contributed by atoms with van der Waals surface area (Å²) in [6, 6.07) is 7.28. The number of aromatic amines is 1. The van der Waals surface area contributed by atoms with Crippen LogP contribution in [0.15, 0.2) is 40.5 Å². The average molecular weight is 369 g/mol. The van der Waals surface area contributed by atoms with Gasteiger partial charge in [-0.25, -0.2) is 23.7 Å². The van der Waals surface area contributed by atoms with Crippen LogP contribution in [0.5, 0.6) is 0 Å². The summed E-state index contributed by atoms with van der Waals surface area (Å²) in [6.45, 7) is 1.90.